The minimum atomic E-state index is -1.02. The number of halogens is 2. The minimum Gasteiger partial charge on any atom is -0.468 e. The smallest absolute Gasteiger partial charge is 0.322 e. The highest BCUT2D eigenvalue weighted by atomic mass is 32.2. The van der Waals surface area contributed by atoms with Gasteiger partial charge < -0.3 is 15.8 Å². The molecule has 0 heterocycles. The van der Waals surface area contributed by atoms with Gasteiger partial charge in [0, 0.05) is 11.8 Å². The molecule has 0 saturated heterocycles. The Morgan fingerprint density at radius 3 is 2.71 bits per heavy atom. The summed E-state index contributed by atoms with van der Waals surface area (Å²) in [6.45, 7) is 0. The summed E-state index contributed by atoms with van der Waals surface area (Å²) < 4.78 is 30.1. The standard InChI is InChI=1S/C13H16F2N2O3S/c1-20-13(19)11(16)4-5-21-7-12(18)17-8-2-3-9(14)10(15)6-8/h2-3,6,11H,4-5,7,16H2,1H3,(H,17,18). The number of ether oxygens (including phenoxy) is 1. The number of carbonyl (C=O) groups excluding carboxylic acids is 2. The fraction of sp³-hybridized carbons (Fsp3) is 0.385. The molecule has 1 unspecified atom stereocenters. The van der Waals surface area contributed by atoms with Gasteiger partial charge in [-0.1, -0.05) is 0 Å². The fourth-order valence-corrected chi connectivity index (χ4v) is 2.24. The van der Waals surface area contributed by atoms with Gasteiger partial charge in [-0.2, -0.15) is 11.8 Å². The second-order valence-electron chi connectivity index (χ2n) is 4.15. The zero-order valence-corrected chi connectivity index (χ0v) is 12.2. The Kier molecular flexibility index (Phi) is 7.10. The van der Waals surface area contributed by atoms with Gasteiger partial charge in [-0.15, -0.1) is 0 Å². The molecular formula is C13H16F2N2O3S. The highest BCUT2D eigenvalue weighted by Gasteiger charge is 2.13. The van der Waals surface area contributed by atoms with E-state index in [0.29, 0.717) is 12.2 Å². The molecule has 1 rings (SSSR count). The van der Waals surface area contributed by atoms with Crippen molar-refractivity contribution in [2.45, 2.75) is 12.5 Å². The molecule has 0 radical (unpaired) electrons. The normalized spacial score (nSPS) is 11.8. The van der Waals surface area contributed by atoms with Crippen molar-refractivity contribution in [2.24, 2.45) is 5.73 Å². The molecule has 0 saturated carbocycles. The van der Waals surface area contributed by atoms with Crippen molar-refractivity contribution < 1.29 is 23.1 Å². The number of nitrogens with one attached hydrogen (secondary N) is 1. The van der Waals surface area contributed by atoms with Crippen molar-refractivity contribution in [1.82, 2.24) is 0 Å². The first-order valence-electron chi connectivity index (χ1n) is 6.10. The molecule has 0 aliphatic heterocycles. The van der Waals surface area contributed by atoms with Crippen LogP contribution in [0.4, 0.5) is 14.5 Å². The summed E-state index contributed by atoms with van der Waals surface area (Å²) >= 11 is 1.28. The fourth-order valence-electron chi connectivity index (χ4n) is 1.42. The van der Waals surface area contributed by atoms with Crippen LogP contribution in [0.2, 0.25) is 0 Å². The molecule has 0 spiro atoms. The summed E-state index contributed by atoms with van der Waals surface area (Å²) in [4.78, 5) is 22.6. The lowest BCUT2D eigenvalue weighted by Crippen LogP contribution is -2.32. The summed E-state index contributed by atoms with van der Waals surface area (Å²) in [5.41, 5.74) is 5.72. The maximum Gasteiger partial charge on any atom is 0.322 e. The van der Waals surface area contributed by atoms with Crippen molar-refractivity contribution in [1.29, 1.82) is 0 Å². The molecule has 0 aliphatic rings. The summed E-state index contributed by atoms with van der Waals surface area (Å²) in [6, 6.07) is 2.41. The number of benzene rings is 1. The third-order valence-corrected chi connectivity index (χ3v) is 3.50. The Bertz CT molecular complexity index is 514. The number of hydrogen-bond acceptors (Lipinski definition) is 5. The third kappa shape index (κ3) is 6.09. The highest BCUT2D eigenvalue weighted by Crippen LogP contribution is 2.14. The number of methoxy groups -OCH3 is 1. The quantitative estimate of drug-likeness (QED) is 0.588. The molecule has 0 aromatic heterocycles. The second-order valence-corrected chi connectivity index (χ2v) is 5.25. The van der Waals surface area contributed by atoms with Crippen molar-refractivity contribution in [3.05, 3.63) is 29.8 Å². The van der Waals surface area contributed by atoms with Gasteiger partial charge in [0.25, 0.3) is 0 Å². The van der Waals surface area contributed by atoms with E-state index in [9.17, 15) is 18.4 Å². The molecule has 1 atom stereocenters. The highest BCUT2D eigenvalue weighted by molar-refractivity contribution is 7.99. The lowest BCUT2D eigenvalue weighted by Gasteiger charge is -2.09. The lowest BCUT2D eigenvalue weighted by atomic mass is 10.2. The predicted octanol–water partition coefficient (Wildman–Crippen LogP) is 1.53. The van der Waals surface area contributed by atoms with Crippen LogP contribution < -0.4 is 11.1 Å². The monoisotopic (exact) mass is 318 g/mol. The first-order chi connectivity index (χ1) is 9.93. The number of esters is 1. The zero-order chi connectivity index (χ0) is 15.8. The van der Waals surface area contributed by atoms with Crippen LogP contribution in [0, 0.1) is 11.6 Å². The van der Waals surface area contributed by atoms with Gasteiger partial charge in [-0.3, -0.25) is 9.59 Å². The van der Waals surface area contributed by atoms with Crippen molar-refractivity contribution in [2.75, 3.05) is 23.9 Å². The van der Waals surface area contributed by atoms with Crippen molar-refractivity contribution >= 4 is 29.3 Å². The first kappa shape index (κ1) is 17.4. The van der Waals surface area contributed by atoms with E-state index in [4.69, 9.17) is 5.73 Å². The zero-order valence-electron chi connectivity index (χ0n) is 11.4. The van der Waals surface area contributed by atoms with Crippen molar-refractivity contribution in [3.8, 4) is 0 Å². The average Bonchev–Trinajstić information content (AvgIpc) is 2.46. The van der Waals surface area contributed by atoms with Crippen LogP contribution >= 0.6 is 11.8 Å². The van der Waals surface area contributed by atoms with Gasteiger partial charge >= 0.3 is 5.97 Å². The van der Waals surface area contributed by atoms with Gasteiger partial charge in [-0.05, 0) is 24.3 Å². The number of anilines is 1. The van der Waals surface area contributed by atoms with Gasteiger partial charge in [-0.25, -0.2) is 8.78 Å². The Morgan fingerprint density at radius 2 is 2.10 bits per heavy atom. The third-order valence-electron chi connectivity index (χ3n) is 2.51. The van der Waals surface area contributed by atoms with Crippen LogP contribution in [0.5, 0.6) is 0 Å². The molecule has 1 aromatic rings. The van der Waals surface area contributed by atoms with E-state index in [1.807, 2.05) is 0 Å². The topological polar surface area (TPSA) is 81.4 Å². The van der Waals surface area contributed by atoms with E-state index in [2.05, 4.69) is 10.1 Å². The number of amides is 1. The van der Waals surface area contributed by atoms with Crippen LogP contribution in [0.3, 0.4) is 0 Å². The molecule has 0 fully saturated rings. The van der Waals surface area contributed by atoms with Crippen LogP contribution in [-0.4, -0.2) is 36.5 Å². The SMILES string of the molecule is COC(=O)C(N)CCSCC(=O)Nc1ccc(F)c(F)c1. The van der Waals surface area contributed by atoms with E-state index >= 15 is 0 Å². The molecular weight excluding hydrogens is 302 g/mol. The summed E-state index contributed by atoms with van der Waals surface area (Å²) in [7, 11) is 1.25. The van der Waals surface area contributed by atoms with Gasteiger partial charge in [0.15, 0.2) is 11.6 Å². The van der Waals surface area contributed by atoms with Crippen molar-refractivity contribution in [3.63, 3.8) is 0 Å². The van der Waals surface area contributed by atoms with Gasteiger partial charge in [0.2, 0.25) is 5.91 Å². The molecule has 8 heteroatoms. The van der Waals surface area contributed by atoms with E-state index in [1.54, 1.807) is 0 Å². The molecule has 3 N–H and O–H groups in total. The summed E-state index contributed by atoms with van der Waals surface area (Å²) in [5.74, 6) is -2.22. The predicted molar refractivity (Wildman–Crippen MR) is 76.9 cm³/mol. The van der Waals surface area contributed by atoms with E-state index < -0.39 is 23.6 Å². The molecule has 0 bridgehead atoms. The Balaban J connectivity index is 2.28. The van der Waals surface area contributed by atoms with Crippen LogP contribution in [-0.2, 0) is 14.3 Å². The summed E-state index contributed by atoms with van der Waals surface area (Å²) in [6.07, 6.45) is 0.385. The molecule has 5 nitrogen and oxygen atoms in total. The number of thioether (sulfide) groups is 1. The Hall–Kier alpha value is -1.67. The lowest BCUT2D eigenvalue weighted by molar-refractivity contribution is -0.142. The average molecular weight is 318 g/mol. The molecule has 1 aromatic carbocycles. The van der Waals surface area contributed by atoms with Crippen LogP contribution in [0.1, 0.15) is 6.42 Å². The number of carbonyl (C=O) groups is 2. The molecule has 1 amide bonds. The number of rotatable bonds is 7. The summed E-state index contributed by atoms with van der Waals surface area (Å²) in [5, 5.41) is 2.44. The second kappa shape index (κ2) is 8.58. The number of hydrogen-bond donors (Lipinski definition) is 2. The first-order valence-corrected chi connectivity index (χ1v) is 7.25. The molecule has 21 heavy (non-hydrogen) atoms. The maximum atomic E-state index is 12.9. The van der Waals surface area contributed by atoms with Gasteiger partial charge in [0.1, 0.15) is 6.04 Å². The van der Waals surface area contributed by atoms with Gasteiger partial charge in [0.05, 0.1) is 12.9 Å². The molecule has 116 valence electrons. The molecule has 0 aliphatic carbocycles. The Morgan fingerprint density at radius 1 is 1.38 bits per heavy atom. The maximum absolute atomic E-state index is 12.9. The largest absolute Gasteiger partial charge is 0.468 e. The minimum absolute atomic E-state index is 0.118. The van der Waals surface area contributed by atoms with Crippen LogP contribution in [0.25, 0.3) is 0 Å². The van der Waals surface area contributed by atoms with E-state index in [1.165, 1.54) is 24.9 Å². The van der Waals surface area contributed by atoms with E-state index in [-0.39, 0.29) is 17.3 Å². The van der Waals surface area contributed by atoms with Crippen LogP contribution in [0.15, 0.2) is 18.2 Å². The number of nitrogens with two attached hydrogens (primary N) is 1. The Labute approximate surface area is 125 Å². The van der Waals surface area contributed by atoms with E-state index in [0.717, 1.165) is 12.1 Å².